The molecule has 0 saturated carbocycles. The van der Waals surface area contributed by atoms with Crippen LogP contribution in [0, 0.1) is 6.92 Å². The van der Waals surface area contributed by atoms with Crippen molar-refractivity contribution in [3.8, 4) is 0 Å². The number of aliphatic hydroxyl groups excluding tert-OH is 1. The van der Waals surface area contributed by atoms with Gasteiger partial charge < -0.3 is 15.4 Å². The SMILES string of the molecule is Cc1cn(CC(N)CCC(C)O)cn1. The van der Waals surface area contributed by atoms with Gasteiger partial charge in [-0.15, -0.1) is 0 Å². The molecule has 14 heavy (non-hydrogen) atoms. The smallest absolute Gasteiger partial charge is 0.0949 e. The minimum atomic E-state index is -0.259. The van der Waals surface area contributed by atoms with Crippen LogP contribution in [0.2, 0.25) is 0 Å². The first-order chi connectivity index (χ1) is 6.58. The average molecular weight is 197 g/mol. The maximum Gasteiger partial charge on any atom is 0.0949 e. The lowest BCUT2D eigenvalue weighted by Gasteiger charge is -2.12. The highest BCUT2D eigenvalue weighted by Gasteiger charge is 2.05. The molecule has 0 aliphatic rings. The molecule has 0 saturated heterocycles. The summed E-state index contributed by atoms with van der Waals surface area (Å²) in [6, 6.07) is 0.0956. The lowest BCUT2D eigenvalue weighted by atomic mass is 10.1. The van der Waals surface area contributed by atoms with Gasteiger partial charge in [0, 0.05) is 18.8 Å². The second-order valence-electron chi connectivity index (χ2n) is 3.90. The summed E-state index contributed by atoms with van der Waals surface area (Å²) in [5, 5.41) is 9.10. The summed E-state index contributed by atoms with van der Waals surface area (Å²) in [4.78, 5) is 4.12. The van der Waals surface area contributed by atoms with Crippen LogP contribution in [-0.2, 0) is 6.54 Å². The normalized spacial score (nSPS) is 15.4. The fraction of sp³-hybridized carbons (Fsp3) is 0.700. The van der Waals surface area contributed by atoms with Gasteiger partial charge in [0.2, 0.25) is 0 Å². The van der Waals surface area contributed by atoms with E-state index >= 15 is 0 Å². The van der Waals surface area contributed by atoms with E-state index < -0.39 is 0 Å². The third-order valence-corrected chi connectivity index (χ3v) is 2.16. The summed E-state index contributed by atoms with van der Waals surface area (Å²) in [5.41, 5.74) is 6.91. The van der Waals surface area contributed by atoms with Crippen LogP contribution < -0.4 is 5.73 Å². The number of aromatic nitrogens is 2. The molecule has 1 aromatic rings. The Kier molecular flexibility index (Phi) is 4.10. The van der Waals surface area contributed by atoms with E-state index in [4.69, 9.17) is 10.8 Å². The highest BCUT2D eigenvalue weighted by Crippen LogP contribution is 2.02. The molecule has 1 aromatic heterocycles. The van der Waals surface area contributed by atoms with Gasteiger partial charge in [-0.3, -0.25) is 0 Å². The monoisotopic (exact) mass is 197 g/mol. The van der Waals surface area contributed by atoms with E-state index in [-0.39, 0.29) is 12.1 Å². The minimum Gasteiger partial charge on any atom is -0.393 e. The van der Waals surface area contributed by atoms with E-state index in [9.17, 15) is 0 Å². The van der Waals surface area contributed by atoms with Crippen LogP contribution in [0.5, 0.6) is 0 Å². The number of rotatable bonds is 5. The molecule has 0 aliphatic carbocycles. The average Bonchev–Trinajstić information content (AvgIpc) is 2.48. The molecule has 80 valence electrons. The van der Waals surface area contributed by atoms with Crippen molar-refractivity contribution in [3.63, 3.8) is 0 Å². The van der Waals surface area contributed by atoms with Crippen molar-refractivity contribution in [1.82, 2.24) is 9.55 Å². The fourth-order valence-corrected chi connectivity index (χ4v) is 1.39. The number of nitrogens with two attached hydrogens (primary N) is 1. The lowest BCUT2D eigenvalue weighted by molar-refractivity contribution is 0.177. The van der Waals surface area contributed by atoms with Gasteiger partial charge >= 0.3 is 0 Å². The molecule has 2 unspecified atom stereocenters. The van der Waals surface area contributed by atoms with E-state index in [0.717, 1.165) is 25.1 Å². The number of aryl methyl sites for hydroxylation is 1. The van der Waals surface area contributed by atoms with E-state index in [2.05, 4.69) is 4.98 Å². The molecular weight excluding hydrogens is 178 g/mol. The van der Waals surface area contributed by atoms with Gasteiger partial charge in [-0.1, -0.05) is 0 Å². The third kappa shape index (κ3) is 3.89. The quantitative estimate of drug-likeness (QED) is 0.729. The molecule has 3 N–H and O–H groups in total. The predicted octanol–water partition coefficient (Wildman–Crippen LogP) is 0.680. The van der Waals surface area contributed by atoms with Gasteiger partial charge in [0.15, 0.2) is 0 Å². The van der Waals surface area contributed by atoms with E-state index in [0.29, 0.717) is 0 Å². The summed E-state index contributed by atoms with van der Waals surface area (Å²) in [7, 11) is 0. The number of nitrogens with zero attached hydrogens (tertiary/aromatic N) is 2. The zero-order valence-electron chi connectivity index (χ0n) is 8.85. The Hall–Kier alpha value is -0.870. The molecule has 0 spiro atoms. The lowest BCUT2D eigenvalue weighted by Crippen LogP contribution is -2.26. The topological polar surface area (TPSA) is 64.1 Å². The van der Waals surface area contributed by atoms with Crippen LogP contribution >= 0.6 is 0 Å². The maximum atomic E-state index is 9.10. The van der Waals surface area contributed by atoms with Crippen molar-refractivity contribution >= 4 is 0 Å². The molecule has 0 aliphatic heterocycles. The van der Waals surface area contributed by atoms with Crippen LogP contribution in [0.15, 0.2) is 12.5 Å². The van der Waals surface area contributed by atoms with Crippen LogP contribution in [0.3, 0.4) is 0 Å². The number of hydrogen-bond donors (Lipinski definition) is 2. The first-order valence-corrected chi connectivity index (χ1v) is 5.00. The molecule has 4 nitrogen and oxygen atoms in total. The largest absolute Gasteiger partial charge is 0.393 e. The Morgan fingerprint density at radius 3 is 2.79 bits per heavy atom. The first-order valence-electron chi connectivity index (χ1n) is 5.00. The van der Waals surface area contributed by atoms with Gasteiger partial charge in [-0.25, -0.2) is 4.98 Å². The summed E-state index contributed by atoms with van der Waals surface area (Å²) in [5.74, 6) is 0. The maximum absolute atomic E-state index is 9.10. The molecule has 0 aromatic carbocycles. The van der Waals surface area contributed by atoms with Crippen molar-refractivity contribution in [2.24, 2.45) is 5.73 Å². The van der Waals surface area contributed by atoms with E-state index in [1.165, 1.54) is 0 Å². The van der Waals surface area contributed by atoms with Crippen LogP contribution in [0.25, 0.3) is 0 Å². The molecule has 1 heterocycles. The molecule has 0 amide bonds. The van der Waals surface area contributed by atoms with Gasteiger partial charge in [-0.05, 0) is 26.7 Å². The molecule has 2 atom stereocenters. The highest BCUT2D eigenvalue weighted by atomic mass is 16.3. The Bertz CT molecular complexity index is 270. The summed E-state index contributed by atoms with van der Waals surface area (Å²) >= 11 is 0. The highest BCUT2D eigenvalue weighted by molar-refractivity contribution is 4.92. The second-order valence-corrected chi connectivity index (χ2v) is 3.90. The zero-order valence-corrected chi connectivity index (χ0v) is 8.85. The van der Waals surface area contributed by atoms with Crippen LogP contribution in [-0.4, -0.2) is 26.8 Å². The number of aliphatic hydroxyl groups is 1. The molecule has 1 rings (SSSR count). The van der Waals surface area contributed by atoms with Gasteiger partial charge in [0.1, 0.15) is 0 Å². The van der Waals surface area contributed by atoms with E-state index in [1.807, 2.05) is 17.7 Å². The van der Waals surface area contributed by atoms with E-state index in [1.54, 1.807) is 13.3 Å². The number of hydrogen-bond acceptors (Lipinski definition) is 3. The summed E-state index contributed by atoms with van der Waals surface area (Å²) < 4.78 is 1.99. The van der Waals surface area contributed by atoms with Crippen molar-refractivity contribution in [1.29, 1.82) is 0 Å². The fourth-order valence-electron chi connectivity index (χ4n) is 1.39. The molecule has 0 fully saturated rings. The minimum absolute atomic E-state index is 0.0956. The third-order valence-electron chi connectivity index (χ3n) is 2.16. The van der Waals surface area contributed by atoms with Crippen molar-refractivity contribution in [2.45, 2.75) is 45.4 Å². The Balaban J connectivity index is 2.30. The summed E-state index contributed by atoms with van der Waals surface area (Å²) in [6.45, 7) is 4.51. The van der Waals surface area contributed by atoms with Crippen molar-refractivity contribution < 1.29 is 5.11 Å². The van der Waals surface area contributed by atoms with Crippen LogP contribution in [0.1, 0.15) is 25.5 Å². The molecule has 0 bridgehead atoms. The first kappa shape index (κ1) is 11.2. The number of imidazole rings is 1. The van der Waals surface area contributed by atoms with Crippen LogP contribution in [0.4, 0.5) is 0 Å². The Morgan fingerprint density at radius 2 is 2.29 bits per heavy atom. The van der Waals surface area contributed by atoms with Gasteiger partial charge in [0.25, 0.3) is 0 Å². The van der Waals surface area contributed by atoms with Crippen molar-refractivity contribution in [3.05, 3.63) is 18.2 Å². The van der Waals surface area contributed by atoms with Crippen molar-refractivity contribution in [2.75, 3.05) is 0 Å². The molecule has 0 radical (unpaired) electrons. The summed E-state index contributed by atoms with van der Waals surface area (Å²) in [6.07, 6.45) is 5.11. The Morgan fingerprint density at radius 1 is 1.57 bits per heavy atom. The van der Waals surface area contributed by atoms with Gasteiger partial charge in [0.05, 0.1) is 18.1 Å². The van der Waals surface area contributed by atoms with Gasteiger partial charge in [-0.2, -0.15) is 0 Å². The standard InChI is InChI=1S/C10H19N3O/c1-8-5-13(7-12-8)6-10(11)4-3-9(2)14/h5,7,9-10,14H,3-4,6,11H2,1-2H3. The Labute approximate surface area is 84.8 Å². The predicted molar refractivity (Wildman–Crippen MR) is 55.9 cm³/mol. The second kappa shape index (κ2) is 5.12. The zero-order chi connectivity index (χ0) is 10.6. The molecular formula is C10H19N3O. The molecule has 4 heteroatoms.